The number of hydrogen-bond donors (Lipinski definition) is 2. The van der Waals surface area contributed by atoms with Crippen LogP contribution in [0.15, 0.2) is 65.6 Å². The lowest BCUT2D eigenvalue weighted by molar-refractivity contribution is -0.116. The molecule has 0 aliphatic heterocycles. The molecule has 2 aromatic carbocycles. The van der Waals surface area contributed by atoms with Crippen molar-refractivity contribution >= 4 is 38.0 Å². The Balaban J connectivity index is 1.63. The molecule has 0 aliphatic carbocycles. The van der Waals surface area contributed by atoms with Gasteiger partial charge in [-0.2, -0.15) is 0 Å². The third-order valence-corrected chi connectivity index (χ3v) is 7.46. The fourth-order valence-corrected chi connectivity index (χ4v) is 5.32. The number of benzene rings is 2. The Morgan fingerprint density at radius 1 is 1.06 bits per heavy atom. The molecule has 0 saturated carbocycles. The van der Waals surface area contributed by atoms with Gasteiger partial charge in [-0.25, -0.2) is 8.42 Å². The van der Waals surface area contributed by atoms with E-state index in [1.165, 1.54) is 30.6 Å². The van der Waals surface area contributed by atoms with Crippen LogP contribution in [0, 0.1) is 0 Å². The fourth-order valence-electron chi connectivity index (χ4n) is 2.92. The summed E-state index contributed by atoms with van der Waals surface area (Å²) in [6.07, 6.45) is 0.134. The van der Waals surface area contributed by atoms with Crippen LogP contribution in [-0.4, -0.2) is 33.1 Å². The van der Waals surface area contributed by atoms with Crippen LogP contribution < -0.4 is 15.8 Å². The first-order valence-corrected chi connectivity index (χ1v) is 11.9. The fraction of sp³-hybridized carbons (Fsp3) is 0.182. The van der Waals surface area contributed by atoms with Gasteiger partial charge in [-0.15, -0.1) is 11.3 Å². The molecule has 2 amide bonds. The molecule has 7 nitrogen and oxygen atoms in total. The average molecular weight is 459 g/mol. The molecule has 162 valence electrons. The number of hydrogen-bond acceptors (Lipinski definition) is 6. The van der Waals surface area contributed by atoms with E-state index in [-0.39, 0.29) is 35.0 Å². The van der Waals surface area contributed by atoms with Gasteiger partial charge in [0.2, 0.25) is 5.91 Å². The third kappa shape index (κ3) is 5.71. The maximum Gasteiger partial charge on any atom is 0.251 e. The van der Waals surface area contributed by atoms with E-state index in [1.54, 1.807) is 18.2 Å². The molecule has 0 unspecified atom stereocenters. The molecule has 0 radical (unpaired) electrons. The third-order valence-electron chi connectivity index (χ3n) is 4.54. The van der Waals surface area contributed by atoms with Crippen LogP contribution >= 0.6 is 11.3 Å². The zero-order chi connectivity index (χ0) is 22.4. The van der Waals surface area contributed by atoms with Crippen LogP contribution in [-0.2, 0) is 14.6 Å². The second kappa shape index (κ2) is 9.76. The number of primary amides is 1. The molecule has 1 heterocycles. The van der Waals surface area contributed by atoms with Crippen LogP contribution in [0.1, 0.15) is 23.2 Å². The molecule has 0 spiro atoms. The SMILES string of the molecule is COc1ccc(S(=O)(=O)CCCC(=O)Nc2sc(-c3ccccc3)cc2C(N)=O)cc1. The van der Waals surface area contributed by atoms with Gasteiger partial charge in [0.1, 0.15) is 10.8 Å². The zero-order valence-corrected chi connectivity index (χ0v) is 18.5. The van der Waals surface area contributed by atoms with Gasteiger partial charge in [0.15, 0.2) is 9.84 Å². The molecule has 9 heteroatoms. The highest BCUT2D eigenvalue weighted by Gasteiger charge is 2.18. The van der Waals surface area contributed by atoms with Crippen molar-refractivity contribution < 1.29 is 22.7 Å². The summed E-state index contributed by atoms with van der Waals surface area (Å²) in [5.41, 5.74) is 6.58. The number of nitrogens with one attached hydrogen (secondary N) is 1. The Morgan fingerprint density at radius 2 is 1.74 bits per heavy atom. The summed E-state index contributed by atoms with van der Waals surface area (Å²) < 4.78 is 29.9. The predicted octanol–water partition coefficient (Wildman–Crippen LogP) is 3.72. The summed E-state index contributed by atoms with van der Waals surface area (Å²) in [6.45, 7) is 0. The molecule has 3 rings (SSSR count). The first kappa shape index (κ1) is 22.5. The maximum atomic E-state index is 12.4. The second-order valence-corrected chi connectivity index (χ2v) is 9.89. The van der Waals surface area contributed by atoms with Crippen LogP contribution in [0.4, 0.5) is 5.00 Å². The van der Waals surface area contributed by atoms with Crippen LogP contribution in [0.3, 0.4) is 0 Å². The van der Waals surface area contributed by atoms with E-state index >= 15 is 0 Å². The van der Waals surface area contributed by atoms with Crippen molar-refractivity contribution in [3.8, 4) is 16.2 Å². The molecule has 0 fully saturated rings. The molecule has 31 heavy (non-hydrogen) atoms. The topological polar surface area (TPSA) is 116 Å². The summed E-state index contributed by atoms with van der Waals surface area (Å²) in [6, 6.07) is 17.2. The molecule has 0 atom stereocenters. The number of rotatable bonds is 9. The first-order valence-electron chi connectivity index (χ1n) is 9.46. The van der Waals surface area contributed by atoms with Gasteiger partial charge < -0.3 is 15.8 Å². The molecule has 3 aromatic rings. The lowest BCUT2D eigenvalue weighted by Gasteiger charge is -2.07. The highest BCUT2D eigenvalue weighted by Crippen LogP contribution is 2.35. The van der Waals surface area contributed by atoms with Crippen molar-refractivity contribution in [3.63, 3.8) is 0 Å². The summed E-state index contributed by atoms with van der Waals surface area (Å²) in [7, 11) is -2.01. The van der Waals surface area contributed by atoms with E-state index in [0.717, 1.165) is 10.4 Å². The predicted molar refractivity (Wildman–Crippen MR) is 121 cm³/mol. The number of carbonyl (C=O) groups excluding carboxylic acids is 2. The molecular formula is C22H22N2O5S2. The Bertz CT molecular complexity index is 1170. The number of anilines is 1. The zero-order valence-electron chi connectivity index (χ0n) is 16.8. The Labute approximate surface area is 184 Å². The van der Waals surface area contributed by atoms with E-state index in [2.05, 4.69) is 5.32 Å². The van der Waals surface area contributed by atoms with E-state index in [4.69, 9.17) is 10.5 Å². The number of amides is 2. The standard InChI is InChI=1S/C22H22N2O5S2/c1-29-16-9-11-17(12-10-16)31(27,28)13-5-8-20(25)24-22-18(21(23)26)14-19(30-22)15-6-3-2-4-7-15/h2-4,6-7,9-12,14H,5,8,13H2,1H3,(H2,23,26)(H,24,25). The minimum atomic E-state index is -3.51. The summed E-state index contributed by atoms with van der Waals surface area (Å²) in [5, 5.41) is 3.05. The van der Waals surface area contributed by atoms with Gasteiger partial charge in [-0.1, -0.05) is 30.3 Å². The molecular weight excluding hydrogens is 436 g/mol. The van der Waals surface area contributed by atoms with Crippen LogP contribution in [0.2, 0.25) is 0 Å². The van der Waals surface area contributed by atoms with Gasteiger partial charge >= 0.3 is 0 Å². The molecule has 0 bridgehead atoms. The summed E-state index contributed by atoms with van der Waals surface area (Å²) >= 11 is 1.25. The number of methoxy groups -OCH3 is 1. The molecule has 1 aromatic heterocycles. The number of carbonyl (C=O) groups is 2. The van der Waals surface area contributed by atoms with Crippen molar-refractivity contribution in [2.45, 2.75) is 17.7 Å². The number of nitrogens with two attached hydrogens (primary N) is 1. The van der Waals surface area contributed by atoms with Gasteiger partial charge in [0.05, 0.1) is 23.3 Å². The Hall–Kier alpha value is -3.17. The first-order chi connectivity index (χ1) is 14.8. The van der Waals surface area contributed by atoms with E-state index in [9.17, 15) is 18.0 Å². The second-order valence-electron chi connectivity index (χ2n) is 6.73. The largest absolute Gasteiger partial charge is 0.497 e. The lowest BCUT2D eigenvalue weighted by Crippen LogP contribution is -2.17. The van der Waals surface area contributed by atoms with Gasteiger partial charge in [-0.3, -0.25) is 9.59 Å². The summed E-state index contributed by atoms with van der Waals surface area (Å²) in [5.74, 6) is -0.631. The number of sulfone groups is 1. The van der Waals surface area contributed by atoms with Crippen molar-refractivity contribution in [1.29, 1.82) is 0 Å². The average Bonchev–Trinajstić information content (AvgIpc) is 3.18. The minimum absolute atomic E-state index is 0.00778. The number of thiophene rings is 1. The molecule has 3 N–H and O–H groups in total. The highest BCUT2D eigenvalue weighted by atomic mass is 32.2. The summed E-state index contributed by atoms with van der Waals surface area (Å²) in [4.78, 5) is 25.1. The molecule has 0 saturated heterocycles. The van der Waals surface area contributed by atoms with Gasteiger partial charge in [0, 0.05) is 11.3 Å². The van der Waals surface area contributed by atoms with Gasteiger partial charge in [-0.05, 0) is 42.3 Å². The van der Waals surface area contributed by atoms with Crippen LogP contribution in [0.25, 0.3) is 10.4 Å². The maximum absolute atomic E-state index is 12.4. The Morgan fingerprint density at radius 3 is 2.35 bits per heavy atom. The van der Waals surface area contributed by atoms with Gasteiger partial charge in [0.25, 0.3) is 5.91 Å². The van der Waals surface area contributed by atoms with E-state index < -0.39 is 15.7 Å². The lowest BCUT2D eigenvalue weighted by atomic mass is 10.1. The van der Waals surface area contributed by atoms with E-state index in [0.29, 0.717) is 10.8 Å². The van der Waals surface area contributed by atoms with E-state index in [1.807, 2.05) is 30.3 Å². The molecule has 0 aliphatic rings. The minimum Gasteiger partial charge on any atom is -0.497 e. The van der Waals surface area contributed by atoms with Crippen molar-refractivity contribution in [2.24, 2.45) is 5.73 Å². The van der Waals surface area contributed by atoms with Crippen molar-refractivity contribution in [2.75, 3.05) is 18.2 Å². The number of ether oxygens (including phenoxy) is 1. The Kier molecular flexibility index (Phi) is 7.09. The quantitative estimate of drug-likeness (QED) is 0.507. The highest BCUT2D eigenvalue weighted by molar-refractivity contribution is 7.91. The smallest absolute Gasteiger partial charge is 0.251 e. The normalized spacial score (nSPS) is 11.1. The van der Waals surface area contributed by atoms with Crippen molar-refractivity contribution in [3.05, 3.63) is 66.2 Å². The monoisotopic (exact) mass is 458 g/mol. The van der Waals surface area contributed by atoms with Crippen molar-refractivity contribution in [1.82, 2.24) is 0 Å². The van der Waals surface area contributed by atoms with Crippen LogP contribution in [0.5, 0.6) is 5.75 Å².